The van der Waals surface area contributed by atoms with Gasteiger partial charge in [0.1, 0.15) is 6.61 Å². The van der Waals surface area contributed by atoms with Crippen LogP contribution in [-0.2, 0) is 4.74 Å². The fourth-order valence-corrected chi connectivity index (χ4v) is 1.47. The quantitative estimate of drug-likeness (QED) is 0.707. The summed E-state index contributed by atoms with van der Waals surface area (Å²) in [4.78, 5) is 13.2. The van der Waals surface area contributed by atoms with Crippen molar-refractivity contribution in [2.45, 2.75) is 19.8 Å². The summed E-state index contributed by atoms with van der Waals surface area (Å²) in [5.41, 5.74) is 0. The van der Waals surface area contributed by atoms with E-state index in [1.54, 1.807) is 0 Å². The summed E-state index contributed by atoms with van der Waals surface area (Å²) in [6.07, 6.45) is 2.25. The predicted molar refractivity (Wildman–Crippen MR) is 50.7 cm³/mol. The Kier molecular flexibility index (Phi) is 4.60. The average molecular weight is 186 g/mol. The second kappa shape index (κ2) is 5.80. The zero-order chi connectivity index (χ0) is 9.52. The first-order valence-corrected chi connectivity index (χ1v) is 4.96. The van der Waals surface area contributed by atoms with E-state index in [1.165, 1.54) is 12.8 Å². The average Bonchev–Trinajstić information content (AvgIpc) is 2.57. The minimum Gasteiger partial charge on any atom is -0.448 e. The minimum absolute atomic E-state index is 0.304. The molecule has 13 heavy (non-hydrogen) atoms. The number of ether oxygens (including phenoxy) is 1. The number of hydrogen-bond acceptors (Lipinski definition) is 3. The summed E-state index contributed by atoms with van der Waals surface area (Å²) in [6, 6.07) is 0. The van der Waals surface area contributed by atoms with Gasteiger partial charge in [0, 0.05) is 13.1 Å². The van der Waals surface area contributed by atoms with Gasteiger partial charge in [-0.15, -0.1) is 0 Å². The molecule has 4 nitrogen and oxygen atoms in total. The molecule has 1 amide bonds. The van der Waals surface area contributed by atoms with Gasteiger partial charge in [0.15, 0.2) is 0 Å². The molecule has 0 radical (unpaired) electrons. The number of hydrogen-bond donors (Lipinski definition) is 1. The number of carbonyl (C=O) groups excluding carboxylic acids is 1. The van der Waals surface area contributed by atoms with Crippen molar-refractivity contribution in [3.63, 3.8) is 0 Å². The van der Waals surface area contributed by atoms with Crippen molar-refractivity contribution in [3.05, 3.63) is 0 Å². The molecule has 0 aromatic carbocycles. The first-order valence-electron chi connectivity index (χ1n) is 4.96. The summed E-state index contributed by atoms with van der Waals surface area (Å²) in [5.74, 6) is 0. The lowest BCUT2D eigenvalue weighted by Gasteiger charge is -2.14. The highest BCUT2D eigenvalue weighted by molar-refractivity contribution is 5.66. The van der Waals surface area contributed by atoms with Crippen LogP contribution in [0, 0.1) is 0 Å². The van der Waals surface area contributed by atoms with E-state index in [0.29, 0.717) is 13.2 Å². The molecule has 0 unspecified atom stereocenters. The van der Waals surface area contributed by atoms with E-state index < -0.39 is 0 Å². The third kappa shape index (κ3) is 4.12. The normalized spacial score (nSPS) is 17.3. The van der Waals surface area contributed by atoms with Crippen molar-refractivity contribution in [3.8, 4) is 0 Å². The third-order valence-electron chi connectivity index (χ3n) is 2.16. The van der Waals surface area contributed by atoms with Crippen molar-refractivity contribution in [1.82, 2.24) is 10.2 Å². The molecular formula is C9H18N2O2. The van der Waals surface area contributed by atoms with Gasteiger partial charge in [-0.3, -0.25) is 4.90 Å². The third-order valence-corrected chi connectivity index (χ3v) is 2.16. The summed E-state index contributed by atoms with van der Waals surface area (Å²) in [6.45, 7) is 6.19. The van der Waals surface area contributed by atoms with E-state index in [9.17, 15) is 4.79 Å². The van der Waals surface area contributed by atoms with Gasteiger partial charge in [0.05, 0.1) is 0 Å². The molecule has 1 aliphatic rings. The first kappa shape index (κ1) is 10.3. The van der Waals surface area contributed by atoms with Crippen LogP contribution in [0.25, 0.3) is 0 Å². The molecular weight excluding hydrogens is 168 g/mol. The lowest BCUT2D eigenvalue weighted by atomic mass is 10.4. The number of rotatable bonds is 4. The summed E-state index contributed by atoms with van der Waals surface area (Å²) in [7, 11) is 0. The van der Waals surface area contributed by atoms with Gasteiger partial charge in [0.2, 0.25) is 0 Å². The fraction of sp³-hybridized carbons (Fsp3) is 0.889. The molecule has 0 atom stereocenters. The molecule has 1 heterocycles. The van der Waals surface area contributed by atoms with Gasteiger partial charge in [-0.1, -0.05) is 0 Å². The number of nitrogens with one attached hydrogen (secondary N) is 1. The zero-order valence-corrected chi connectivity index (χ0v) is 8.21. The maximum Gasteiger partial charge on any atom is 0.407 e. The first-order chi connectivity index (χ1) is 6.33. The van der Waals surface area contributed by atoms with Gasteiger partial charge in [-0.25, -0.2) is 4.79 Å². The Hall–Kier alpha value is -0.770. The van der Waals surface area contributed by atoms with Gasteiger partial charge >= 0.3 is 6.09 Å². The molecule has 1 fully saturated rings. The molecule has 4 heteroatoms. The van der Waals surface area contributed by atoms with Crippen molar-refractivity contribution in [1.29, 1.82) is 0 Å². The molecule has 0 bridgehead atoms. The Morgan fingerprint density at radius 1 is 1.46 bits per heavy atom. The molecule has 1 aliphatic heterocycles. The SMILES string of the molecule is CCNC(=O)OCCN1CCCC1. The van der Waals surface area contributed by atoms with E-state index in [2.05, 4.69) is 10.2 Å². The van der Waals surface area contributed by atoms with Crippen LogP contribution >= 0.6 is 0 Å². The van der Waals surface area contributed by atoms with Crippen LogP contribution < -0.4 is 5.32 Å². The Morgan fingerprint density at radius 3 is 2.77 bits per heavy atom. The van der Waals surface area contributed by atoms with Gasteiger partial charge in [-0.2, -0.15) is 0 Å². The lowest BCUT2D eigenvalue weighted by Crippen LogP contribution is -2.29. The molecule has 0 saturated carbocycles. The predicted octanol–water partition coefficient (Wildman–Crippen LogP) is 0.828. The molecule has 0 aromatic heterocycles. The van der Waals surface area contributed by atoms with Gasteiger partial charge in [0.25, 0.3) is 0 Å². The monoisotopic (exact) mass is 186 g/mol. The van der Waals surface area contributed by atoms with Crippen molar-refractivity contribution >= 4 is 6.09 Å². The Bertz CT molecular complexity index is 156. The molecule has 1 N–H and O–H groups in total. The molecule has 76 valence electrons. The maximum absolute atomic E-state index is 10.9. The van der Waals surface area contributed by atoms with E-state index in [1.807, 2.05) is 6.92 Å². The highest BCUT2D eigenvalue weighted by Gasteiger charge is 2.11. The van der Waals surface area contributed by atoms with Crippen LogP contribution in [-0.4, -0.2) is 43.8 Å². The highest BCUT2D eigenvalue weighted by Crippen LogP contribution is 2.05. The summed E-state index contributed by atoms with van der Waals surface area (Å²) in [5, 5.41) is 2.59. The van der Waals surface area contributed by atoms with E-state index >= 15 is 0 Å². The van der Waals surface area contributed by atoms with Crippen LogP contribution in [0.3, 0.4) is 0 Å². The minimum atomic E-state index is -0.304. The number of amides is 1. The number of carbonyl (C=O) groups is 1. The fourth-order valence-electron chi connectivity index (χ4n) is 1.47. The van der Waals surface area contributed by atoms with Gasteiger partial charge in [-0.05, 0) is 32.9 Å². The lowest BCUT2D eigenvalue weighted by molar-refractivity contribution is 0.133. The van der Waals surface area contributed by atoms with Crippen molar-refractivity contribution in [2.24, 2.45) is 0 Å². The van der Waals surface area contributed by atoms with Crippen LogP contribution in [0.15, 0.2) is 0 Å². The summed E-state index contributed by atoms with van der Waals surface area (Å²) < 4.78 is 4.95. The largest absolute Gasteiger partial charge is 0.448 e. The standard InChI is InChI=1S/C9H18N2O2/c1-2-10-9(12)13-8-7-11-5-3-4-6-11/h2-8H2,1H3,(H,10,12). The molecule has 0 aromatic rings. The second-order valence-corrected chi connectivity index (χ2v) is 3.21. The van der Waals surface area contributed by atoms with Crippen molar-refractivity contribution in [2.75, 3.05) is 32.8 Å². The smallest absolute Gasteiger partial charge is 0.407 e. The van der Waals surface area contributed by atoms with Crippen LogP contribution in [0.4, 0.5) is 4.79 Å². The number of nitrogens with zero attached hydrogens (tertiary/aromatic N) is 1. The summed E-state index contributed by atoms with van der Waals surface area (Å²) >= 11 is 0. The topological polar surface area (TPSA) is 41.6 Å². The highest BCUT2D eigenvalue weighted by atomic mass is 16.5. The number of likely N-dealkylation sites (tertiary alicyclic amines) is 1. The van der Waals surface area contributed by atoms with Crippen LogP contribution in [0.1, 0.15) is 19.8 Å². The van der Waals surface area contributed by atoms with Crippen molar-refractivity contribution < 1.29 is 9.53 Å². The molecule has 1 rings (SSSR count). The van der Waals surface area contributed by atoms with Gasteiger partial charge < -0.3 is 10.1 Å². The van der Waals surface area contributed by atoms with Crippen LogP contribution in [0.2, 0.25) is 0 Å². The Balaban J connectivity index is 1.96. The molecule has 0 aliphatic carbocycles. The Labute approximate surface area is 79.2 Å². The second-order valence-electron chi connectivity index (χ2n) is 3.21. The van der Waals surface area contributed by atoms with E-state index in [4.69, 9.17) is 4.74 Å². The molecule has 1 saturated heterocycles. The Morgan fingerprint density at radius 2 is 2.15 bits per heavy atom. The molecule has 0 spiro atoms. The number of alkyl carbamates (subject to hydrolysis) is 1. The van der Waals surface area contributed by atoms with E-state index in [-0.39, 0.29) is 6.09 Å². The zero-order valence-electron chi connectivity index (χ0n) is 8.21. The van der Waals surface area contributed by atoms with Crippen LogP contribution in [0.5, 0.6) is 0 Å². The maximum atomic E-state index is 10.9. The van der Waals surface area contributed by atoms with E-state index in [0.717, 1.165) is 19.6 Å².